The molecule has 1 N–H and O–H groups in total. The maximum Gasteiger partial charge on any atom is 0.255 e. The molecule has 0 bridgehead atoms. The Kier molecular flexibility index (Phi) is 4.95. The van der Waals surface area contributed by atoms with E-state index in [1.54, 1.807) is 6.07 Å². The molecule has 2 atom stereocenters. The number of hydrogen-bond donors (Lipinski definition) is 1. The Bertz CT molecular complexity index is 520. The van der Waals surface area contributed by atoms with Gasteiger partial charge in [0.05, 0.1) is 24.9 Å². The van der Waals surface area contributed by atoms with E-state index < -0.39 is 0 Å². The highest BCUT2D eigenvalue weighted by Gasteiger charge is 2.32. The summed E-state index contributed by atoms with van der Waals surface area (Å²) in [5, 5.41) is 2.98. The molecule has 120 valence electrons. The van der Waals surface area contributed by atoms with Gasteiger partial charge in [0.25, 0.3) is 5.91 Å². The van der Waals surface area contributed by atoms with Crippen LogP contribution < -0.4 is 10.1 Å². The normalized spacial score (nSPS) is 24.8. The summed E-state index contributed by atoms with van der Waals surface area (Å²) < 4.78 is 11.4. The molecule has 2 aliphatic rings. The van der Waals surface area contributed by atoms with E-state index >= 15 is 0 Å². The van der Waals surface area contributed by atoms with Crippen LogP contribution in [-0.2, 0) is 4.74 Å². The molecule has 5 nitrogen and oxygen atoms in total. The van der Waals surface area contributed by atoms with E-state index in [9.17, 15) is 4.79 Å². The van der Waals surface area contributed by atoms with Crippen molar-refractivity contribution in [2.45, 2.75) is 31.9 Å². The molecule has 5 heteroatoms. The second-order valence-corrected chi connectivity index (χ2v) is 5.89. The van der Waals surface area contributed by atoms with E-state index in [2.05, 4.69) is 10.2 Å². The number of benzene rings is 1. The molecule has 1 aromatic rings. The molecule has 1 amide bonds. The fourth-order valence-corrected chi connectivity index (χ4v) is 3.25. The Morgan fingerprint density at radius 2 is 2.32 bits per heavy atom. The summed E-state index contributed by atoms with van der Waals surface area (Å²) in [4.78, 5) is 14.8. The highest BCUT2D eigenvalue weighted by Crippen LogP contribution is 2.22. The molecule has 22 heavy (non-hydrogen) atoms. The van der Waals surface area contributed by atoms with Crippen molar-refractivity contribution in [1.29, 1.82) is 0 Å². The Labute approximate surface area is 131 Å². The lowest BCUT2D eigenvalue weighted by Gasteiger charge is -2.35. The van der Waals surface area contributed by atoms with Gasteiger partial charge in [0.15, 0.2) is 0 Å². The Morgan fingerprint density at radius 3 is 3.18 bits per heavy atom. The Morgan fingerprint density at radius 1 is 1.45 bits per heavy atom. The molecule has 2 fully saturated rings. The van der Waals surface area contributed by atoms with Gasteiger partial charge in [0.1, 0.15) is 5.75 Å². The number of fused-ring (bicyclic) bond motifs is 1. The predicted octanol–water partition coefficient (Wildman–Crippen LogP) is 1.68. The van der Waals surface area contributed by atoms with Crippen molar-refractivity contribution in [3.8, 4) is 5.75 Å². The highest BCUT2D eigenvalue weighted by atomic mass is 16.5. The van der Waals surface area contributed by atoms with E-state index in [0.717, 1.165) is 19.7 Å². The van der Waals surface area contributed by atoms with Gasteiger partial charge in [0.2, 0.25) is 0 Å². The first-order valence-corrected chi connectivity index (χ1v) is 8.13. The summed E-state index contributed by atoms with van der Waals surface area (Å²) in [7, 11) is 0. The van der Waals surface area contributed by atoms with E-state index in [1.165, 1.54) is 12.8 Å². The molecule has 0 spiro atoms. The number of morpholine rings is 1. The minimum atomic E-state index is -0.101. The van der Waals surface area contributed by atoms with Gasteiger partial charge in [-0.1, -0.05) is 12.1 Å². The van der Waals surface area contributed by atoms with Crippen molar-refractivity contribution < 1.29 is 14.3 Å². The maximum atomic E-state index is 12.4. The fourth-order valence-electron chi connectivity index (χ4n) is 3.25. The third-order valence-corrected chi connectivity index (χ3v) is 4.38. The quantitative estimate of drug-likeness (QED) is 0.899. The number of para-hydroxylation sites is 1. The molecule has 0 radical (unpaired) electrons. The average molecular weight is 304 g/mol. The van der Waals surface area contributed by atoms with Gasteiger partial charge in [-0.2, -0.15) is 0 Å². The van der Waals surface area contributed by atoms with Crippen molar-refractivity contribution in [3.63, 3.8) is 0 Å². The van der Waals surface area contributed by atoms with Crippen molar-refractivity contribution in [1.82, 2.24) is 10.2 Å². The van der Waals surface area contributed by atoms with Crippen LogP contribution in [0.2, 0.25) is 0 Å². The first-order chi connectivity index (χ1) is 10.8. The molecule has 1 aromatic carbocycles. The number of rotatable bonds is 5. The third-order valence-electron chi connectivity index (χ3n) is 4.38. The van der Waals surface area contributed by atoms with Gasteiger partial charge in [0, 0.05) is 19.1 Å². The number of hydrogen-bond acceptors (Lipinski definition) is 4. The number of amides is 1. The number of nitrogens with one attached hydrogen (secondary N) is 1. The summed E-state index contributed by atoms with van der Waals surface area (Å²) >= 11 is 0. The lowest BCUT2D eigenvalue weighted by Crippen LogP contribution is -2.50. The lowest BCUT2D eigenvalue weighted by atomic mass is 10.1. The highest BCUT2D eigenvalue weighted by molar-refractivity contribution is 5.96. The van der Waals surface area contributed by atoms with Crippen LogP contribution in [0.3, 0.4) is 0 Å². The summed E-state index contributed by atoms with van der Waals surface area (Å²) in [6.45, 7) is 5.87. The molecule has 0 aromatic heterocycles. The molecule has 2 heterocycles. The maximum absolute atomic E-state index is 12.4. The molecule has 2 aliphatic heterocycles. The molecular formula is C17H24N2O3. The van der Waals surface area contributed by atoms with Crippen LogP contribution in [-0.4, -0.2) is 55.8 Å². The SMILES string of the molecule is CCOc1ccccc1C(=O)NCC1CN2CCCC2CO1. The van der Waals surface area contributed by atoms with Gasteiger partial charge in [-0.3, -0.25) is 9.69 Å². The summed E-state index contributed by atoms with van der Waals surface area (Å²) in [6.07, 6.45) is 2.58. The zero-order chi connectivity index (χ0) is 15.4. The van der Waals surface area contributed by atoms with Gasteiger partial charge < -0.3 is 14.8 Å². The predicted molar refractivity (Wildman–Crippen MR) is 84.3 cm³/mol. The summed E-state index contributed by atoms with van der Waals surface area (Å²) in [6, 6.07) is 7.93. The number of nitrogens with zero attached hydrogens (tertiary/aromatic N) is 1. The van der Waals surface area contributed by atoms with Crippen molar-refractivity contribution in [2.24, 2.45) is 0 Å². The van der Waals surface area contributed by atoms with Gasteiger partial charge in [-0.25, -0.2) is 0 Å². The van der Waals surface area contributed by atoms with Crippen LogP contribution in [0.4, 0.5) is 0 Å². The van der Waals surface area contributed by atoms with E-state index in [4.69, 9.17) is 9.47 Å². The van der Waals surface area contributed by atoms with Gasteiger partial charge >= 0.3 is 0 Å². The number of carbonyl (C=O) groups excluding carboxylic acids is 1. The minimum Gasteiger partial charge on any atom is -0.493 e. The molecule has 0 aliphatic carbocycles. The molecule has 2 unspecified atom stereocenters. The zero-order valence-corrected chi connectivity index (χ0v) is 13.1. The largest absolute Gasteiger partial charge is 0.493 e. The van der Waals surface area contributed by atoms with Crippen molar-refractivity contribution in [2.75, 3.05) is 32.8 Å². The molecule has 3 rings (SSSR count). The van der Waals surface area contributed by atoms with E-state index in [-0.39, 0.29) is 12.0 Å². The van der Waals surface area contributed by atoms with Crippen molar-refractivity contribution >= 4 is 5.91 Å². The monoisotopic (exact) mass is 304 g/mol. The van der Waals surface area contributed by atoms with Crippen LogP contribution in [0.5, 0.6) is 5.75 Å². The Balaban J connectivity index is 1.54. The standard InChI is InChI=1S/C17H24N2O3/c1-2-21-16-8-4-3-7-15(16)17(20)18-10-14-11-19-9-5-6-13(19)12-22-14/h3-4,7-8,13-14H,2,5-6,9-12H2,1H3,(H,18,20). The first kappa shape index (κ1) is 15.3. The Hall–Kier alpha value is -1.59. The lowest BCUT2D eigenvalue weighted by molar-refractivity contribution is -0.0461. The second-order valence-electron chi connectivity index (χ2n) is 5.89. The molecule has 2 saturated heterocycles. The minimum absolute atomic E-state index is 0.0811. The van der Waals surface area contributed by atoms with Crippen LogP contribution in [0, 0.1) is 0 Å². The van der Waals surface area contributed by atoms with Crippen LogP contribution in [0.25, 0.3) is 0 Å². The topological polar surface area (TPSA) is 50.8 Å². The number of ether oxygens (including phenoxy) is 2. The van der Waals surface area contributed by atoms with Crippen molar-refractivity contribution in [3.05, 3.63) is 29.8 Å². The van der Waals surface area contributed by atoms with Crippen LogP contribution in [0.15, 0.2) is 24.3 Å². The average Bonchev–Trinajstić information content (AvgIpc) is 3.01. The van der Waals surface area contributed by atoms with E-state index in [0.29, 0.717) is 30.5 Å². The summed E-state index contributed by atoms with van der Waals surface area (Å²) in [5.41, 5.74) is 0.583. The van der Waals surface area contributed by atoms with Crippen LogP contribution in [0.1, 0.15) is 30.1 Å². The smallest absolute Gasteiger partial charge is 0.255 e. The first-order valence-electron chi connectivity index (χ1n) is 8.13. The van der Waals surface area contributed by atoms with Gasteiger partial charge in [-0.15, -0.1) is 0 Å². The molecule has 0 saturated carbocycles. The van der Waals surface area contributed by atoms with E-state index in [1.807, 2.05) is 25.1 Å². The van der Waals surface area contributed by atoms with Crippen LogP contribution >= 0.6 is 0 Å². The molecular weight excluding hydrogens is 280 g/mol. The second kappa shape index (κ2) is 7.11. The third kappa shape index (κ3) is 3.42. The van der Waals surface area contributed by atoms with Gasteiger partial charge in [-0.05, 0) is 38.4 Å². The fraction of sp³-hybridized carbons (Fsp3) is 0.588. The summed E-state index contributed by atoms with van der Waals surface area (Å²) in [5.74, 6) is 0.530. The number of carbonyl (C=O) groups is 1. The zero-order valence-electron chi connectivity index (χ0n) is 13.1.